The monoisotopic (exact) mass is 389 g/mol. The van der Waals surface area contributed by atoms with E-state index < -0.39 is 10.2 Å². The van der Waals surface area contributed by atoms with E-state index in [0.717, 1.165) is 4.90 Å². The van der Waals surface area contributed by atoms with E-state index in [2.05, 4.69) is 9.44 Å². The summed E-state index contributed by atoms with van der Waals surface area (Å²) >= 11 is 0. The van der Waals surface area contributed by atoms with Crippen LogP contribution >= 0.6 is 0 Å². The van der Waals surface area contributed by atoms with Crippen molar-refractivity contribution in [2.45, 2.75) is 6.92 Å². The zero-order valence-corrected chi connectivity index (χ0v) is 15.5. The molecule has 1 heterocycles. The summed E-state index contributed by atoms with van der Waals surface area (Å²) in [5.41, 5.74) is 1.12. The molecule has 0 unspecified atom stereocenters. The number of nitrogens with one attached hydrogen (secondary N) is 2. The first-order valence-electron chi connectivity index (χ1n) is 8.37. The first kappa shape index (κ1) is 18.9. The largest absolute Gasteiger partial charge is 0.492 e. The maximum atomic E-state index is 12.3. The molecule has 8 nitrogen and oxygen atoms in total. The predicted octanol–water partition coefficient (Wildman–Crippen LogP) is 1.63. The predicted molar refractivity (Wildman–Crippen MR) is 100.0 cm³/mol. The quantitative estimate of drug-likeness (QED) is 0.668. The fourth-order valence-corrected chi connectivity index (χ4v) is 3.62. The van der Waals surface area contributed by atoms with Gasteiger partial charge in [-0.2, -0.15) is 13.1 Å². The first-order valence-corrected chi connectivity index (χ1v) is 9.85. The van der Waals surface area contributed by atoms with Crippen LogP contribution in [0.25, 0.3) is 0 Å². The Bertz CT molecular complexity index is 939. The zero-order chi connectivity index (χ0) is 19.4. The second-order valence-electron chi connectivity index (χ2n) is 5.79. The van der Waals surface area contributed by atoms with Crippen molar-refractivity contribution in [2.75, 3.05) is 24.4 Å². The Hall–Kier alpha value is -2.91. The van der Waals surface area contributed by atoms with Crippen LogP contribution in [0.4, 0.5) is 5.69 Å². The fraction of sp³-hybridized carbons (Fsp3) is 0.222. The second-order valence-corrected chi connectivity index (χ2v) is 7.29. The van der Waals surface area contributed by atoms with Crippen LogP contribution in [0.2, 0.25) is 0 Å². The number of hydrogen-bond donors (Lipinski definition) is 2. The zero-order valence-electron chi connectivity index (χ0n) is 14.6. The number of carbonyl (C=O) groups is 2. The number of nitrogens with zero attached hydrogens (tertiary/aromatic N) is 1. The van der Waals surface area contributed by atoms with Gasteiger partial charge in [0.2, 0.25) is 0 Å². The number of benzene rings is 2. The van der Waals surface area contributed by atoms with Crippen molar-refractivity contribution in [1.29, 1.82) is 0 Å². The number of fused-ring (bicyclic) bond motifs is 1. The Kier molecular flexibility index (Phi) is 5.43. The highest BCUT2D eigenvalue weighted by Crippen LogP contribution is 2.22. The van der Waals surface area contributed by atoms with Crippen LogP contribution in [0.5, 0.6) is 5.75 Å². The number of amides is 2. The number of ether oxygens (including phenoxy) is 1. The molecular formula is C18H19N3O5S. The van der Waals surface area contributed by atoms with Gasteiger partial charge in [-0.15, -0.1) is 0 Å². The van der Waals surface area contributed by atoms with Crippen LogP contribution in [-0.2, 0) is 10.2 Å². The lowest BCUT2D eigenvalue weighted by atomic mass is 10.1. The van der Waals surface area contributed by atoms with E-state index in [1.165, 1.54) is 6.07 Å². The van der Waals surface area contributed by atoms with Crippen LogP contribution < -0.4 is 14.2 Å². The summed E-state index contributed by atoms with van der Waals surface area (Å²) < 4.78 is 33.8. The van der Waals surface area contributed by atoms with Gasteiger partial charge in [-0.3, -0.25) is 19.2 Å². The van der Waals surface area contributed by atoms with E-state index in [0.29, 0.717) is 22.6 Å². The van der Waals surface area contributed by atoms with Gasteiger partial charge >= 0.3 is 0 Å². The average Bonchev–Trinajstić information content (AvgIpc) is 2.87. The van der Waals surface area contributed by atoms with Gasteiger partial charge in [0, 0.05) is 12.6 Å². The molecule has 3 rings (SSSR count). The van der Waals surface area contributed by atoms with Gasteiger partial charge in [-0.05, 0) is 24.3 Å². The van der Waals surface area contributed by atoms with E-state index in [-0.39, 0.29) is 31.5 Å². The number of rotatable bonds is 8. The van der Waals surface area contributed by atoms with Crippen LogP contribution in [0, 0.1) is 0 Å². The molecule has 0 aliphatic carbocycles. The Balaban J connectivity index is 1.60. The molecule has 0 radical (unpaired) electrons. The molecule has 9 heteroatoms. The molecule has 27 heavy (non-hydrogen) atoms. The Morgan fingerprint density at radius 3 is 2.30 bits per heavy atom. The van der Waals surface area contributed by atoms with Crippen LogP contribution in [-0.4, -0.2) is 44.8 Å². The number of carbonyl (C=O) groups excluding carboxylic acids is 2. The summed E-state index contributed by atoms with van der Waals surface area (Å²) in [4.78, 5) is 25.7. The van der Waals surface area contributed by atoms with Gasteiger partial charge in [-0.25, -0.2) is 0 Å². The lowest BCUT2D eigenvalue weighted by molar-refractivity contribution is 0.0631. The van der Waals surface area contributed by atoms with Gasteiger partial charge in [-0.1, -0.05) is 25.1 Å². The SMILES string of the molecule is CCNS(=O)(=O)Nc1cccc(OCCN2C(=O)c3ccccc3C2=O)c1. The lowest BCUT2D eigenvalue weighted by Gasteiger charge is -2.15. The van der Waals surface area contributed by atoms with Crippen molar-refractivity contribution in [3.63, 3.8) is 0 Å². The third-order valence-electron chi connectivity index (χ3n) is 3.88. The molecule has 1 aliphatic rings. The molecule has 142 valence electrons. The molecular weight excluding hydrogens is 370 g/mol. The van der Waals surface area contributed by atoms with E-state index in [1.54, 1.807) is 49.4 Å². The van der Waals surface area contributed by atoms with Crippen molar-refractivity contribution in [3.05, 3.63) is 59.7 Å². The third kappa shape index (κ3) is 4.26. The first-order chi connectivity index (χ1) is 12.9. The molecule has 1 aliphatic heterocycles. The third-order valence-corrected chi connectivity index (χ3v) is 5.06. The highest BCUT2D eigenvalue weighted by molar-refractivity contribution is 7.90. The van der Waals surface area contributed by atoms with Crippen LogP contribution in [0.1, 0.15) is 27.6 Å². The summed E-state index contributed by atoms with van der Waals surface area (Å²) in [6, 6.07) is 13.1. The molecule has 2 amide bonds. The highest BCUT2D eigenvalue weighted by atomic mass is 32.2. The van der Waals surface area contributed by atoms with Crippen LogP contribution in [0.15, 0.2) is 48.5 Å². The lowest BCUT2D eigenvalue weighted by Crippen LogP contribution is -2.33. The summed E-state index contributed by atoms with van der Waals surface area (Å²) in [6.07, 6.45) is 0. The maximum absolute atomic E-state index is 12.3. The van der Waals surface area contributed by atoms with E-state index >= 15 is 0 Å². The normalized spacial score (nSPS) is 13.6. The molecule has 2 aromatic carbocycles. The van der Waals surface area contributed by atoms with Gasteiger partial charge in [0.15, 0.2) is 0 Å². The number of hydrogen-bond acceptors (Lipinski definition) is 5. The minimum absolute atomic E-state index is 0.0921. The van der Waals surface area contributed by atoms with Gasteiger partial charge in [0.25, 0.3) is 22.0 Å². The van der Waals surface area contributed by atoms with Crippen molar-refractivity contribution >= 4 is 27.7 Å². The smallest absolute Gasteiger partial charge is 0.299 e. The maximum Gasteiger partial charge on any atom is 0.299 e. The van der Waals surface area contributed by atoms with Gasteiger partial charge < -0.3 is 4.74 Å². The van der Waals surface area contributed by atoms with Crippen molar-refractivity contribution in [3.8, 4) is 5.75 Å². The molecule has 0 atom stereocenters. The average molecular weight is 389 g/mol. The summed E-state index contributed by atoms with van der Waals surface area (Å²) in [5, 5.41) is 0. The van der Waals surface area contributed by atoms with E-state index in [9.17, 15) is 18.0 Å². The standard InChI is InChI=1S/C18H19N3O5S/c1-2-19-27(24,25)20-13-6-5-7-14(12-13)26-11-10-21-17(22)15-8-3-4-9-16(15)18(21)23/h3-9,12,19-20H,2,10-11H2,1H3. The van der Waals surface area contributed by atoms with Crippen molar-refractivity contribution < 1.29 is 22.7 Å². The summed E-state index contributed by atoms with van der Waals surface area (Å²) in [6.45, 7) is 2.14. The second kappa shape index (κ2) is 7.77. The molecule has 0 saturated carbocycles. The minimum atomic E-state index is -3.63. The topological polar surface area (TPSA) is 105 Å². The van der Waals surface area contributed by atoms with Gasteiger partial charge in [0.05, 0.1) is 23.4 Å². The molecule has 0 aromatic heterocycles. The summed E-state index contributed by atoms with van der Waals surface area (Å²) in [5.74, 6) is -0.263. The van der Waals surface area contributed by atoms with Crippen molar-refractivity contribution in [1.82, 2.24) is 9.62 Å². The van der Waals surface area contributed by atoms with Crippen LogP contribution in [0.3, 0.4) is 0 Å². The Morgan fingerprint density at radius 1 is 1.00 bits per heavy atom. The van der Waals surface area contributed by atoms with E-state index in [1.807, 2.05) is 0 Å². The molecule has 2 N–H and O–H groups in total. The Morgan fingerprint density at radius 2 is 1.67 bits per heavy atom. The number of anilines is 1. The van der Waals surface area contributed by atoms with E-state index in [4.69, 9.17) is 4.74 Å². The number of imide groups is 1. The molecule has 0 fully saturated rings. The van der Waals surface area contributed by atoms with Gasteiger partial charge in [0.1, 0.15) is 12.4 Å². The summed E-state index contributed by atoms with van der Waals surface area (Å²) in [7, 11) is -3.63. The highest BCUT2D eigenvalue weighted by Gasteiger charge is 2.34. The molecule has 0 saturated heterocycles. The molecule has 0 spiro atoms. The Labute approximate surface area is 157 Å². The molecule has 0 bridgehead atoms. The molecule has 2 aromatic rings. The minimum Gasteiger partial charge on any atom is -0.492 e. The van der Waals surface area contributed by atoms with Crippen molar-refractivity contribution in [2.24, 2.45) is 0 Å². The fourth-order valence-electron chi connectivity index (χ4n) is 2.73.